The highest BCUT2D eigenvalue weighted by atomic mass is 19.3. The van der Waals surface area contributed by atoms with E-state index >= 15 is 0 Å². The number of nitrogens with zero attached hydrogens (tertiary/aromatic N) is 2. The van der Waals surface area contributed by atoms with Crippen molar-refractivity contribution in [1.29, 1.82) is 0 Å². The third-order valence-corrected chi connectivity index (χ3v) is 2.37. The zero-order valence-corrected chi connectivity index (χ0v) is 9.37. The minimum Gasteiger partial charge on any atom is -0.368 e. The normalized spacial score (nSPS) is 15.9. The Labute approximate surface area is 93.3 Å². The second kappa shape index (κ2) is 4.31. The molecule has 0 saturated heterocycles. The molecule has 0 aromatic carbocycles. The molecule has 1 fully saturated rings. The van der Waals surface area contributed by atoms with E-state index in [2.05, 4.69) is 15.3 Å². The van der Waals surface area contributed by atoms with Crippen LogP contribution in [0.25, 0.3) is 0 Å². The van der Waals surface area contributed by atoms with Crippen molar-refractivity contribution in [2.45, 2.75) is 45.1 Å². The highest BCUT2D eigenvalue weighted by Gasteiger charge is 2.28. The van der Waals surface area contributed by atoms with E-state index in [1.807, 2.05) is 13.8 Å². The standard InChI is InChI=1S/C11H15F2N3/c1-6(2)14-9-5-8(10(12)13)15-11(16-9)7-3-4-7/h5-7,10H,3-4H2,1-2H3,(H,14,15,16). The van der Waals surface area contributed by atoms with Gasteiger partial charge in [0.25, 0.3) is 6.43 Å². The van der Waals surface area contributed by atoms with Gasteiger partial charge in [0.15, 0.2) is 0 Å². The first-order chi connectivity index (χ1) is 7.56. The van der Waals surface area contributed by atoms with Gasteiger partial charge in [-0.3, -0.25) is 0 Å². The highest BCUT2D eigenvalue weighted by molar-refractivity contribution is 5.38. The fraction of sp³-hybridized carbons (Fsp3) is 0.636. The van der Waals surface area contributed by atoms with E-state index in [0.717, 1.165) is 12.8 Å². The monoisotopic (exact) mass is 227 g/mol. The first kappa shape index (κ1) is 11.2. The predicted octanol–water partition coefficient (Wildman–Crippen LogP) is 3.11. The molecule has 5 heteroatoms. The predicted molar refractivity (Wildman–Crippen MR) is 57.7 cm³/mol. The summed E-state index contributed by atoms with van der Waals surface area (Å²) in [5.41, 5.74) is -0.181. The highest BCUT2D eigenvalue weighted by Crippen LogP contribution is 2.39. The van der Waals surface area contributed by atoms with Gasteiger partial charge in [-0.2, -0.15) is 0 Å². The van der Waals surface area contributed by atoms with E-state index in [0.29, 0.717) is 11.6 Å². The van der Waals surface area contributed by atoms with Gasteiger partial charge in [0.1, 0.15) is 17.3 Å². The molecule has 1 heterocycles. The van der Waals surface area contributed by atoms with Crippen LogP contribution in [0, 0.1) is 0 Å². The maximum Gasteiger partial charge on any atom is 0.280 e. The van der Waals surface area contributed by atoms with E-state index in [1.165, 1.54) is 6.07 Å². The summed E-state index contributed by atoms with van der Waals surface area (Å²) < 4.78 is 25.3. The van der Waals surface area contributed by atoms with Crippen LogP contribution in [-0.4, -0.2) is 16.0 Å². The van der Waals surface area contributed by atoms with Crippen LogP contribution in [0.5, 0.6) is 0 Å². The van der Waals surface area contributed by atoms with E-state index < -0.39 is 6.43 Å². The number of rotatable bonds is 4. The first-order valence-corrected chi connectivity index (χ1v) is 5.50. The zero-order chi connectivity index (χ0) is 11.7. The molecule has 88 valence electrons. The van der Waals surface area contributed by atoms with Crippen molar-refractivity contribution in [2.75, 3.05) is 5.32 Å². The van der Waals surface area contributed by atoms with Crippen LogP contribution in [-0.2, 0) is 0 Å². The molecule has 1 aliphatic rings. The lowest BCUT2D eigenvalue weighted by molar-refractivity contribution is 0.145. The van der Waals surface area contributed by atoms with Crippen LogP contribution in [0.3, 0.4) is 0 Å². The molecular formula is C11H15F2N3. The molecular weight excluding hydrogens is 212 g/mol. The second-order valence-corrected chi connectivity index (χ2v) is 4.41. The van der Waals surface area contributed by atoms with Crippen LogP contribution >= 0.6 is 0 Å². The molecule has 1 aromatic heterocycles. The van der Waals surface area contributed by atoms with Gasteiger partial charge in [0.05, 0.1) is 0 Å². The molecule has 0 radical (unpaired) electrons. The Kier molecular flexibility index (Phi) is 3.03. The lowest BCUT2D eigenvalue weighted by atomic mass is 10.3. The Morgan fingerprint density at radius 1 is 1.31 bits per heavy atom. The number of hydrogen-bond acceptors (Lipinski definition) is 3. The Morgan fingerprint density at radius 3 is 2.50 bits per heavy atom. The van der Waals surface area contributed by atoms with E-state index in [4.69, 9.17) is 0 Å². The summed E-state index contributed by atoms with van der Waals surface area (Å²) >= 11 is 0. The van der Waals surface area contributed by atoms with Gasteiger partial charge in [-0.05, 0) is 26.7 Å². The Hall–Kier alpha value is -1.26. The third kappa shape index (κ3) is 2.65. The number of anilines is 1. The van der Waals surface area contributed by atoms with Gasteiger partial charge < -0.3 is 5.32 Å². The van der Waals surface area contributed by atoms with Crippen molar-refractivity contribution in [3.63, 3.8) is 0 Å². The molecule has 3 nitrogen and oxygen atoms in total. The summed E-state index contributed by atoms with van der Waals surface area (Å²) in [7, 11) is 0. The summed E-state index contributed by atoms with van der Waals surface area (Å²) in [6.07, 6.45) is -0.519. The molecule has 0 unspecified atom stereocenters. The van der Waals surface area contributed by atoms with E-state index in [9.17, 15) is 8.78 Å². The molecule has 0 bridgehead atoms. The number of halogens is 2. The van der Waals surface area contributed by atoms with Crippen LogP contribution < -0.4 is 5.32 Å². The number of hydrogen-bond donors (Lipinski definition) is 1. The summed E-state index contributed by atoms with van der Waals surface area (Å²) in [6, 6.07) is 1.50. The molecule has 0 aliphatic heterocycles. The van der Waals surface area contributed by atoms with Gasteiger partial charge in [0, 0.05) is 18.0 Å². The smallest absolute Gasteiger partial charge is 0.280 e. The lowest BCUT2D eigenvalue weighted by Crippen LogP contribution is -2.13. The minimum atomic E-state index is -2.53. The van der Waals surface area contributed by atoms with Crippen LogP contribution in [0.2, 0.25) is 0 Å². The summed E-state index contributed by atoms with van der Waals surface area (Å²) in [5, 5.41) is 3.04. The quantitative estimate of drug-likeness (QED) is 0.858. The molecule has 1 aliphatic carbocycles. The maximum atomic E-state index is 12.6. The zero-order valence-electron chi connectivity index (χ0n) is 9.37. The van der Waals surface area contributed by atoms with Crippen LogP contribution in [0.1, 0.15) is 50.6 Å². The SMILES string of the molecule is CC(C)Nc1cc(C(F)F)nc(C2CC2)n1. The van der Waals surface area contributed by atoms with Crippen molar-refractivity contribution >= 4 is 5.82 Å². The molecule has 16 heavy (non-hydrogen) atoms. The fourth-order valence-electron chi connectivity index (χ4n) is 1.49. The third-order valence-electron chi connectivity index (χ3n) is 2.37. The molecule has 1 aromatic rings. The van der Waals surface area contributed by atoms with Crippen molar-refractivity contribution in [3.05, 3.63) is 17.6 Å². The minimum absolute atomic E-state index is 0.174. The number of alkyl halides is 2. The van der Waals surface area contributed by atoms with Gasteiger partial charge in [-0.25, -0.2) is 18.7 Å². The maximum absolute atomic E-state index is 12.6. The Balaban J connectivity index is 2.28. The van der Waals surface area contributed by atoms with Gasteiger partial charge >= 0.3 is 0 Å². The fourth-order valence-corrected chi connectivity index (χ4v) is 1.49. The summed E-state index contributed by atoms with van der Waals surface area (Å²) in [4.78, 5) is 8.16. The molecule has 2 rings (SSSR count). The van der Waals surface area contributed by atoms with Crippen molar-refractivity contribution < 1.29 is 8.78 Å². The van der Waals surface area contributed by atoms with Crippen molar-refractivity contribution in [3.8, 4) is 0 Å². The topological polar surface area (TPSA) is 37.8 Å². The van der Waals surface area contributed by atoms with Crippen molar-refractivity contribution in [1.82, 2.24) is 9.97 Å². The molecule has 1 saturated carbocycles. The first-order valence-electron chi connectivity index (χ1n) is 5.50. The average molecular weight is 227 g/mol. The lowest BCUT2D eigenvalue weighted by Gasteiger charge is -2.11. The second-order valence-electron chi connectivity index (χ2n) is 4.41. The van der Waals surface area contributed by atoms with Gasteiger partial charge in [-0.15, -0.1) is 0 Å². The summed E-state index contributed by atoms with van der Waals surface area (Å²) in [5.74, 6) is 1.34. The number of aromatic nitrogens is 2. The number of nitrogens with one attached hydrogen (secondary N) is 1. The molecule has 1 N–H and O–H groups in total. The molecule has 0 atom stereocenters. The summed E-state index contributed by atoms with van der Waals surface area (Å²) in [6.45, 7) is 3.89. The van der Waals surface area contributed by atoms with Crippen LogP contribution in [0.4, 0.5) is 14.6 Å². The van der Waals surface area contributed by atoms with Crippen molar-refractivity contribution in [2.24, 2.45) is 0 Å². The largest absolute Gasteiger partial charge is 0.368 e. The van der Waals surface area contributed by atoms with Gasteiger partial charge in [0.2, 0.25) is 0 Å². The Bertz CT molecular complexity index is 355. The van der Waals surface area contributed by atoms with Crippen LogP contribution in [0.15, 0.2) is 6.07 Å². The molecule has 0 spiro atoms. The van der Waals surface area contributed by atoms with E-state index in [1.54, 1.807) is 0 Å². The van der Waals surface area contributed by atoms with E-state index in [-0.39, 0.29) is 17.7 Å². The average Bonchev–Trinajstić information content (AvgIpc) is 2.98. The Morgan fingerprint density at radius 2 is 2.00 bits per heavy atom. The van der Waals surface area contributed by atoms with Gasteiger partial charge in [-0.1, -0.05) is 0 Å². The molecule has 0 amide bonds.